The first kappa shape index (κ1) is 16.8. The van der Waals surface area contributed by atoms with E-state index in [-0.39, 0.29) is 6.04 Å². The first-order valence-corrected chi connectivity index (χ1v) is 8.58. The van der Waals surface area contributed by atoms with Crippen molar-refractivity contribution in [2.24, 2.45) is 0 Å². The van der Waals surface area contributed by atoms with Crippen molar-refractivity contribution in [1.82, 2.24) is 5.32 Å². The summed E-state index contributed by atoms with van der Waals surface area (Å²) in [7, 11) is 0. The van der Waals surface area contributed by atoms with Crippen LogP contribution in [-0.2, 0) is 6.42 Å². The van der Waals surface area contributed by atoms with Crippen molar-refractivity contribution in [2.75, 3.05) is 6.54 Å². The van der Waals surface area contributed by atoms with E-state index < -0.39 is 0 Å². The molecule has 2 aromatic carbocycles. The van der Waals surface area contributed by atoms with Gasteiger partial charge in [0, 0.05) is 20.6 Å². The number of benzene rings is 2. The molecule has 0 heterocycles. The van der Waals surface area contributed by atoms with Crippen LogP contribution in [0.5, 0.6) is 0 Å². The van der Waals surface area contributed by atoms with E-state index in [0.717, 1.165) is 39.5 Å². The van der Waals surface area contributed by atoms with Crippen LogP contribution in [0.15, 0.2) is 46.9 Å². The summed E-state index contributed by atoms with van der Waals surface area (Å²) in [4.78, 5) is 0. The van der Waals surface area contributed by atoms with Crippen molar-refractivity contribution in [3.63, 3.8) is 0 Å². The second-order valence-corrected chi connectivity index (χ2v) is 6.69. The molecular formula is C17H18BrCl2N. The van der Waals surface area contributed by atoms with Gasteiger partial charge in [-0.1, -0.05) is 64.3 Å². The van der Waals surface area contributed by atoms with Crippen molar-refractivity contribution in [3.8, 4) is 0 Å². The summed E-state index contributed by atoms with van der Waals surface area (Å²) in [6.45, 7) is 3.12. The molecule has 1 nitrogen and oxygen atoms in total. The Morgan fingerprint density at radius 1 is 1.05 bits per heavy atom. The van der Waals surface area contributed by atoms with Gasteiger partial charge in [0.2, 0.25) is 0 Å². The van der Waals surface area contributed by atoms with Gasteiger partial charge in [0.05, 0.1) is 0 Å². The third-order valence-corrected chi connectivity index (χ3v) is 4.62. The minimum absolute atomic E-state index is 0.204. The number of hydrogen-bond donors (Lipinski definition) is 1. The van der Waals surface area contributed by atoms with Crippen LogP contribution in [0.2, 0.25) is 10.0 Å². The normalized spacial score (nSPS) is 12.4. The quantitative estimate of drug-likeness (QED) is 0.638. The first-order valence-electron chi connectivity index (χ1n) is 7.03. The molecule has 0 fully saturated rings. The largest absolute Gasteiger partial charge is 0.310 e. The first-order chi connectivity index (χ1) is 10.1. The lowest BCUT2D eigenvalue weighted by Crippen LogP contribution is -2.24. The number of nitrogens with one attached hydrogen (secondary N) is 1. The summed E-state index contributed by atoms with van der Waals surface area (Å²) in [5.74, 6) is 0. The zero-order valence-electron chi connectivity index (χ0n) is 11.9. The molecule has 0 aliphatic carbocycles. The highest BCUT2D eigenvalue weighted by molar-refractivity contribution is 9.10. The highest BCUT2D eigenvalue weighted by Gasteiger charge is 2.15. The summed E-state index contributed by atoms with van der Waals surface area (Å²) in [6, 6.07) is 14.2. The summed E-state index contributed by atoms with van der Waals surface area (Å²) >= 11 is 16.1. The van der Waals surface area contributed by atoms with Gasteiger partial charge in [0.15, 0.2) is 0 Å². The monoisotopic (exact) mass is 385 g/mol. The minimum Gasteiger partial charge on any atom is -0.310 e. The molecule has 1 N–H and O–H groups in total. The summed E-state index contributed by atoms with van der Waals surface area (Å²) in [5, 5.41) is 5.03. The van der Waals surface area contributed by atoms with Crippen LogP contribution < -0.4 is 5.32 Å². The molecule has 0 spiro atoms. The van der Waals surface area contributed by atoms with Crippen LogP contribution in [0, 0.1) is 0 Å². The maximum atomic E-state index is 6.30. The molecule has 0 aromatic heterocycles. The van der Waals surface area contributed by atoms with Gasteiger partial charge in [-0.2, -0.15) is 0 Å². The Morgan fingerprint density at radius 2 is 1.67 bits per heavy atom. The molecule has 2 rings (SSSR count). The van der Waals surface area contributed by atoms with E-state index in [9.17, 15) is 0 Å². The van der Waals surface area contributed by atoms with Gasteiger partial charge >= 0.3 is 0 Å². The molecule has 0 saturated carbocycles. The Bertz CT molecular complexity index is 564. The fraction of sp³-hybridized carbons (Fsp3) is 0.294. The third-order valence-electron chi connectivity index (χ3n) is 3.38. The van der Waals surface area contributed by atoms with Crippen LogP contribution in [0.25, 0.3) is 0 Å². The van der Waals surface area contributed by atoms with E-state index in [1.54, 1.807) is 0 Å². The van der Waals surface area contributed by atoms with Crippen molar-refractivity contribution in [3.05, 3.63) is 68.1 Å². The molecule has 0 bridgehead atoms. The standard InChI is InChI=1S/C17H18BrCl2N/c1-2-10-21-17(12-6-8-13(18)9-7-12)11-14-15(19)4-3-5-16(14)20/h3-9,17,21H,2,10-11H2,1H3. The summed E-state index contributed by atoms with van der Waals surface area (Å²) in [6.07, 6.45) is 1.86. The SMILES string of the molecule is CCCNC(Cc1c(Cl)cccc1Cl)c1ccc(Br)cc1. The smallest absolute Gasteiger partial charge is 0.0453 e. The van der Waals surface area contributed by atoms with Crippen LogP contribution >= 0.6 is 39.1 Å². The Kier molecular flexibility index (Phi) is 6.56. The predicted octanol–water partition coefficient (Wildman–Crippen LogP) is 6.04. The topological polar surface area (TPSA) is 12.0 Å². The van der Waals surface area contributed by atoms with Crippen molar-refractivity contribution >= 4 is 39.1 Å². The molecule has 0 aliphatic heterocycles. The van der Waals surface area contributed by atoms with Crippen LogP contribution in [0.1, 0.15) is 30.5 Å². The second-order valence-electron chi connectivity index (χ2n) is 4.96. The highest BCUT2D eigenvalue weighted by Crippen LogP contribution is 2.29. The Balaban J connectivity index is 2.26. The van der Waals surface area contributed by atoms with E-state index in [2.05, 4.69) is 52.4 Å². The molecular weight excluding hydrogens is 369 g/mol. The Hall–Kier alpha value is -0.540. The lowest BCUT2D eigenvalue weighted by Gasteiger charge is -2.20. The van der Waals surface area contributed by atoms with Crippen LogP contribution in [-0.4, -0.2) is 6.54 Å². The van der Waals surface area contributed by atoms with Crippen molar-refractivity contribution < 1.29 is 0 Å². The number of halogens is 3. The van der Waals surface area contributed by atoms with Crippen molar-refractivity contribution in [1.29, 1.82) is 0 Å². The number of hydrogen-bond acceptors (Lipinski definition) is 1. The van der Waals surface area contributed by atoms with Crippen LogP contribution in [0.3, 0.4) is 0 Å². The van der Waals surface area contributed by atoms with E-state index in [1.165, 1.54) is 5.56 Å². The Labute approximate surface area is 144 Å². The van der Waals surface area contributed by atoms with E-state index in [4.69, 9.17) is 23.2 Å². The fourth-order valence-electron chi connectivity index (χ4n) is 2.25. The average molecular weight is 387 g/mol. The predicted molar refractivity (Wildman–Crippen MR) is 95.3 cm³/mol. The fourth-order valence-corrected chi connectivity index (χ4v) is 3.07. The molecule has 4 heteroatoms. The van der Waals surface area contributed by atoms with Gasteiger partial charge in [-0.25, -0.2) is 0 Å². The second kappa shape index (κ2) is 8.19. The van der Waals surface area contributed by atoms with E-state index >= 15 is 0 Å². The summed E-state index contributed by atoms with van der Waals surface area (Å²) in [5.41, 5.74) is 2.24. The maximum Gasteiger partial charge on any atom is 0.0453 e. The minimum atomic E-state index is 0.204. The van der Waals surface area contributed by atoms with Gasteiger partial charge in [0.1, 0.15) is 0 Å². The molecule has 112 valence electrons. The lowest BCUT2D eigenvalue weighted by atomic mass is 9.98. The zero-order valence-corrected chi connectivity index (χ0v) is 15.0. The van der Waals surface area contributed by atoms with Gasteiger partial charge < -0.3 is 5.32 Å². The molecule has 1 unspecified atom stereocenters. The zero-order chi connectivity index (χ0) is 15.2. The van der Waals surface area contributed by atoms with Crippen LogP contribution in [0.4, 0.5) is 0 Å². The molecule has 0 radical (unpaired) electrons. The lowest BCUT2D eigenvalue weighted by molar-refractivity contribution is 0.529. The van der Waals surface area contributed by atoms with E-state index in [0.29, 0.717) is 0 Å². The molecule has 21 heavy (non-hydrogen) atoms. The molecule has 0 aliphatic rings. The molecule has 0 saturated heterocycles. The molecule has 0 amide bonds. The van der Waals surface area contributed by atoms with E-state index in [1.807, 2.05) is 18.2 Å². The van der Waals surface area contributed by atoms with Gasteiger partial charge in [-0.05, 0) is 54.8 Å². The maximum absolute atomic E-state index is 6.30. The molecule has 2 aromatic rings. The average Bonchev–Trinajstić information content (AvgIpc) is 2.47. The van der Waals surface area contributed by atoms with Crippen molar-refractivity contribution in [2.45, 2.75) is 25.8 Å². The number of rotatable bonds is 6. The molecule has 1 atom stereocenters. The Morgan fingerprint density at radius 3 is 2.24 bits per heavy atom. The van der Waals surface area contributed by atoms with Gasteiger partial charge in [-0.3, -0.25) is 0 Å². The third kappa shape index (κ3) is 4.72. The van der Waals surface area contributed by atoms with Gasteiger partial charge in [-0.15, -0.1) is 0 Å². The van der Waals surface area contributed by atoms with Gasteiger partial charge in [0.25, 0.3) is 0 Å². The summed E-state index contributed by atoms with van der Waals surface area (Å²) < 4.78 is 1.08. The highest BCUT2D eigenvalue weighted by atomic mass is 79.9.